The van der Waals surface area contributed by atoms with Gasteiger partial charge in [0.1, 0.15) is 24.1 Å². The molecule has 4 heterocycles. The van der Waals surface area contributed by atoms with Crippen molar-refractivity contribution in [2.24, 2.45) is 5.92 Å². The van der Waals surface area contributed by atoms with E-state index in [2.05, 4.69) is 75.8 Å². The molecule has 300 valence electrons. The lowest BCUT2D eigenvalue weighted by Gasteiger charge is -2.37. The Morgan fingerprint density at radius 3 is 2.16 bits per heavy atom. The molecule has 3 atom stereocenters. The quantitative estimate of drug-likeness (QED) is 0.172. The summed E-state index contributed by atoms with van der Waals surface area (Å²) in [6, 6.07) is 30.0. The molecule has 0 aromatic heterocycles. The zero-order valence-corrected chi connectivity index (χ0v) is 33.0. The van der Waals surface area contributed by atoms with Crippen LogP contribution < -0.4 is 10.1 Å². The molecule has 0 radical (unpaired) electrons. The first-order chi connectivity index (χ1) is 28.3. The molecule has 4 amide bonds. The van der Waals surface area contributed by atoms with Gasteiger partial charge in [0, 0.05) is 25.4 Å². The summed E-state index contributed by atoms with van der Waals surface area (Å²) in [6.45, 7) is 6.86. The summed E-state index contributed by atoms with van der Waals surface area (Å²) in [7, 11) is 0. The molecular weight excluding hydrogens is 729 g/mol. The Balaban J connectivity index is 0.722. The predicted molar refractivity (Wildman–Crippen MR) is 220 cm³/mol. The van der Waals surface area contributed by atoms with E-state index in [4.69, 9.17) is 4.74 Å². The number of benzene rings is 4. The average Bonchev–Trinajstić information content (AvgIpc) is 3.49. The Morgan fingerprint density at radius 2 is 1.40 bits per heavy atom. The van der Waals surface area contributed by atoms with E-state index in [-0.39, 0.29) is 24.7 Å². The second-order valence-electron chi connectivity index (χ2n) is 16.9. The molecule has 0 saturated carbocycles. The number of imide groups is 2. The molecule has 1 unspecified atom stereocenters. The zero-order valence-electron chi connectivity index (χ0n) is 33.0. The van der Waals surface area contributed by atoms with E-state index in [9.17, 15) is 24.3 Å². The third-order valence-corrected chi connectivity index (χ3v) is 13.5. The van der Waals surface area contributed by atoms with Crippen molar-refractivity contribution in [1.29, 1.82) is 0 Å². The Hall–Kier alpha value is -5.32. The number of carbonyl (C=O) groups excluding carboxylic acids is 4. The molecule has 58 heavy (non-hydrogen) atoms. The first kappa shape index (κ1) is 38.2. The lowest BCUT2D eigenvalue weighted by atomic mass is 9.69. The van der Waals surface area contributed by atoms with Crippen LogP contribution in [0.1, 0.15) is 111 Å². The molecule has 0 spiro atoms. The van der Waals surface area contributed by atoms with Crippen molar-refractivity contribution in [1.82, 2.24) is 20.0 Å². The Bertz CT molecular complexity index is 2170. The number of hydrogen-bond acceptors (Lipinski definition) is 8. The molecule has 5 aliphatic rings. The lowest BCUT2D eigenvalue weighted by Crippen LogP contribution is -2.54. The van der Waals surface area contributed by atoms with Crippen LogP contribution in [0.4, 0.5) is 0 Å². The number of aromatic hydroxyl groups is 1. The van der Waals surface area contributed by atoms with E-state index in [1.165, 1.54) is 35.1 Å². The van der Waals surface area contributed by atoms with E-state index >= 15 is 0 Å². The van der Waals surface area contributed by atoms with Crippen molar-refractivity contribution in [2.75, 3.05) is 45.9 Å². The van der Waals surface area contributed by atoms with Crippen molar-refractivity contribution >= 4 is 23.6 Å². The Morgan fingerprint density at radius 1 is 0.672 bits per heavy atom. The van der Waals surface area contributed by atoms with Crippen molar-refractivity contribution < 1.29 is 29.0 Å². The second-order valence-corrected chi connectivity index (χ2v) is 16.9. The fourth-order valence-corrected chi connectivity index (χ4v) is 10.3. The van der Waals surface area contributed by atoms with Crippen LogP contribution in [0.2, 0.25) is 0 Å². The summed E-state index contributed by atoms with van der Waals surface area (Å²) in [5.74, 6) is 0.966. The highest BCUT2D eigenvalue weighted by Gasteiger charge is 2.45. The third-order valence-electron chi connectivity index (χ3n) is 13.5. The number of phenolic OH excluding ortho intramolecular Hbond substituents is 1. The summed E-state index contributed by atoms with van der Waals surface area (Å²) < 4.78 is 6.27. The number of amides is 4. The smallest absolute Gasteiger partial charge is 0.262 e. The molecule has 9 rings (SSSR count). The van der Waals surface area contributed by atoms with Crippen molar-refractivity contribution in [3.8, 4) is 11.5 Å². The molecule has 3 saturated heterocycles. The topological polar surface area (TPSA) is 119 Å². The molecule has 1 aliphatic carbocycles. The van der Waals surface area contributed by atoms with Crippen LogP contribution >= 0.6 is 0 Å². The number of hydrogen-bond donors (Lipinski definition) is 2. The summed E-state index contributed by atoms with van der Waals surface area (Å²) in [5, 5.41) is 12.4. The van der Waals surface area contributed by atoms with Gasteiger partial charge in [-0.2, -0.15) is 0 Å². The van der Waals surface area contributed by atoms with Gasteiger partial charge in [0.2, 0.25) is 11.8 Å². The molecule has 2 N–H and O–H groups in total. The zero-order chi connectivity index (χ0) is 39.8. The van der Waals surface area contributed by atoms with Crippen LogP contribution in [0.3, 0.4) is 0 Å². The number of ether oxygens (including phenoxy) is 1. The molecular formula is C48H52N4O6. The van der Waals surface area contributed by atoms with Crippen LogP contribution in [0, 0.1) is 5.92 Å². The fourth-order valence-electron chi connectivity index (χ4n) is 10.3. The van der Waals surface area contributed by atoms with Gasteiger partial charge in [-0.3, -0.25) is 34.3 Å². The number of carbonyl (C=O) groups is 4. The van der Waals surface area contributed by atoms with Crippen LogP contribution in [0.5, 0.6) is 11.5 Å². The van der Waals surface area contributed by atoms with Gasteiger partial charge in [0.05, 0.1) is 11.1 Å². The third kappa shape index (κ3) is 7.79. The number of nitrogens with zero attached hydrogens (tertiary/aromatic N) is 3. The number of rotatable bonds is 10. The molecule has 3 fully saturated rings. The highest BCUT2D eigenvalue weighted by atomic mass is 16.5. The summed E-state index contributed by atoms with van der Waals surface area (Å²) in [4.78, 5) is 56.7. The molecule has 4 aromatic carbocycles. The summed E-state index contributed by atoms with van der Waals surface area (Å²) in [6.07, 6.45) is 6.64. The number of nitrogens with one attached hydrogen (secondary N) is 1. The predicted octanol–water partition coefficient (Wildman–Crippen LogP) is 6.63. The van der Waals surface area contributed by atoms with E-state index in [0.29, 0.717) is 41.2 Å². The van der Waals surface area contributed by atoms with Gasteiger partial charge < -0.3 is 14.7 Å². The van der Waals surface area contributed by atoms with Crippen molar-refractivity contribution in [2.45, 2.75) is 75.2 Å². The van der Waals surface area contributed by atoms with Crippen molar-refractivity contribution in [3.05, 3.63) is 130 Å². The molecule has 10 heteroatoms. The highest BCUT2D eigenvalue weighted by Crippen LogP contribution is 2.47. The van der Waals surface area contributed by atoms with Gasteiger partial charge in [-0.05, 0) is 153 Å². The number of piperidine rings is 3. The average molecular weight is 781 g/mol. The van der Waals surface area contributed by atoms with Crippen LogP contribution in [0.25, 0.3) is 0 Å². The number of fused-ring (bicyclic) bond motifs is 2. The van der Waals surface area contributed by atoms with E-state index in [1.807, 2.05) is 24.3 Å². The van der Waals surface area contributed by atoms with Gasteiger partial charge in [0.25, 0.3) is 11.8 Å². The number of likely N-dealkylation sites (tertiary alicyclic amines) is 2. The van der Waals surface area contributed by atoms with E-state index in [0.717, 1.165) is 81.2 Å². The minimum atomic E-state index is -0.945. The fraction of sp³-hybridized carbons (Fsp3) is 0.417. The van der Waals surface area contributed by atoms with Crippen molar-refractivity contribution in [3.63, 3.8) is 0 Å². The highest BCUT2D eigenvalue weighted by molar-refractivity contribution is 6.23. The maximum Gasteiger partial charge on any atom is 0.262 e. The van der Waals surface area contributed by atoms with Gasteiger partial charge >= 0.3 is 0 Å². The first-order valence-electron chi connectivity index (χ1n) is 21.2. The maximum absolute atomic E-state index is 13.4. The molecule has 4 aliphatic heterocycles. The first-order valence-corrected chi connectivity index (χ1v) is 21.2. The molecule has 0 bridgehead atoms. The van der Waals surface area contributed by atoms with E-state index in [1.54, 1.807) is 6.07 Å². The van der Waals surface area contributed by atoms with Crippen LogP contribution in [0.15, 0.2) is 91.0 Å². The van der Waals surface area contributed by atoms with Gasteiger partial charge in [-0.1, -0.05) is 54.6 Å². The largest absolute Gasteiger partial charge is 0.508 e. The Labute approximate surface area is 340 Å². The second kappa shape index (κ2) is 16.5. The maximum atomic E-state index is 13.4. The summed E-state index contributed by atoms with van der Waals surface area (Å²) in [5.41, 5.74) is 6.95. The van der Waals surface area contributed by atoms with Crippen LogP contribution in [-0.2, 0) is 16.0 Å². The monoisotopic (exact) mass is 780 g/mol. The van der Waals surface area contributed by atoms with Crippen LogP contribution in [-0.4, -0.2) is 95.4 Å². The lowest BCUT2D eigenvalue weighted by molar-refractivity contribution is -0.136. The summed E-state index contributed by atoms with van der Waals surface area (Å²) >= 11 is 0. The standard InChI is InChI=1S/C48H52N4O6/c53-37-10-15-40-36(28-37)9-13-39(33-4-2-1-3-5-33)45(40)34-6-11-38(12-7-34)58-27-26-50-22-18-31(19-23-50)30-51-24-20-32(21-25-51)35-8-14-41-42(29-35)48(57)52(47(41)56)43-16-17-44(54)49-46(43)55/h1-8,10-12,14-15,28-29,31-32,39,43,45,53H,9,13,16-27,30H2,(H,49,54,55)/t39-,43?,45+/m1/s1. The number of aryl methyl sites for hydroxylation is 1. The Kier molecular flexibility index (Phi) is 10.9. The normalized spacial score (nSPS) is 23.4. The SMILES string of the molecule is O=C1CCC(N2C(=O)c3ccc(C4CCN(CC5CCN(CCOc6ccc([C@@H]7c8ccc(O)cc8CC[C@@H]7c7ccccc7)cc6)CC5)CC4)cc3C2=O)C(=O)N1. The molecule has 10 nitrogen and oxygen atoms in total. The molecule has 4 aromatic rings. The van der Waals surface area contributed by atoms with E-state index < -0.39 is 23.8 Å². The van der Waals surface area contributed by atoms with Gasteiger partial charge in [-0.15, -0.1) is 0 Å². The number of phenols is 1. The van der Waals surface area contributed by atoms with Gasteiger partial charge in [0.15, 0.2) is 0 Å². The minimum absolute atomic E-state index is 0.112. The minimum Gasteiger partial charge on any atom is -0.508 e. The van der Waals surface area contributed by atoms with Gasteiger partial charge in [-0.25, -0.2) is 0 Å².